The standard InChI is InChI=1S/C14H20ClN3O/c15-13-9-11(14(16)19)3-4-12(13)10-17-5-8-18-6-1-2-7-18/h3-4,9,17H,1-2,5-8,10H2,(H2,16,19). The van der Waals surface area contributed by atoms with Gasteiger partial charge in [-0.25, -0.2) is 0 Å². The molecule has 1 aromatic carbocycles. The van der Waals surface area contributed by atoms with Gasteiger partial charge in [0.15, 0.2) is 0 Å². The zero-order chi connectivity index (χ0) is 13.7. The van der Waals surface area contributed by atoms with Crippen molar-refractivity contribution in [1.29, 1.82) is 0 Å². The predicted octanol–water partition coefficient (Wildman–Crippen LogP) is 1.62. The van der Waals surface area contributed by atoms with Crippen molar-refractivity contribution in [3.8, 4) is 0 Å². The first-order valence-electron chi connectivity index (χ1n) is 6.68. The molecule has 1 heterocycles. The molecule has 1 amide bonds. The van der Waals surface area contributed by atoms with E-state index < -0.39 is 5.91 Å². The van der Waals surface area contributed by atoms with Crippen LogP contribution in [0.2, 0.25) is 5.02 Å². The first-order valence-corrected chi connectivity index (χ1v) is 7.06. The lowest BCUT2D eigenvalue weighted by Gasteiger charge is -2.15. The van der Waals surface area contributed by atoms with E-state index in [9.17, 15) is 4.79 Å². The Morgan fingerprint density at radius 2 is 2.11 bits per heavy atom. The molecule has 19 heavy (non-hydrogen) atoms. The molecule has 1 aliphatic heterocycles. The van der Waals surface area contributed by atoms with Crippen LogP contribution in [0.1, 0.15) is 28.8 Å². The number of nitrogens with two attached hydrogens (primary N) is 1. The Morgan fingerprint density at radius 1 is 1.37 bits per heavy atom. The normalized spacial score (nSPS) is 15.8. The Bertz CT molecular complexity index is 444. The number of benzene rings is 1. The van der Waals surface area contributed by atoms with Gasteiger partial charge < -0.3 is 16.0 Å². The topological polar surface area (TPSA) is 58.4 Å². The first-order chi connectivity index (χ1) is 9.16. The van der Waals surface area contributed by atoms with Crippen LogP contribution in [-0.2, 0) is 6.54 Å². The second-order valence-corrected chi connectivity index (χ2v) is 5.30. The molecule has 104 valence electrons. The Morgan fingerprint density at radius 3 is 2.74 bits per heavy atom. The highest BCUT2D eigenvalue weighted by Crippen LogP contribution is 2.17. The SMILES string of the molecule is NC(=O)c1ccc(CNCCN2CCCC2)c(Cl)c1. The van der Waals surface area contributed by atoms with Gasteiger partial charge in [0.25, 0.3) is 0 Å². The summed E-state index contributed by atoms with van der Waals surface area (Å²) >= 11 is 6.12. The van der Waals surface area contributed by atoms with Crippen LogP contribution in [0.25, 0.3) is 0 Å². The number of rotatable bonds is 6. The number of hydrogen-bond acceptors (Lipinski definition) is 3. The van der Waals surface area contributed by atoms with Crippen molar-refractivity contribution in [3.05, 3.63) is 34.3 Å². The second-order valence-electron chi connectivity index (χ2n) is 4.90. The van der Waals surface area contributed by atoms with Crippen molar-refractivity contribution in [1.82, 2.24) is 10.2 Å². The minimum Gasteiger partial charge on any atom is -0.366 e. The quantitative estimate of drug-likeness (QED) is 0.779. The predicted molar refractivity (Wildman–Crippen MR) is 77.4 cm³/mol. The van der Waals surface area contributed by atoms with E-state index in [2.05, 4.69) is 10.2 Å². The fourth-order valence-electron chi connectivity index (χ4n) is 2.31. The smallest absolute Gasteiger partial charge is 0.248 e. The summed E-state index contributed by atoms with van der Waals surface area (Å²) in [6, 6.07) is 5.19. The number of nitrogens with zero attached hydrogens (tertiary/aromatic N) is 1. The molecule has 1 saturated heterocycles. The second kappa shape index (κ2) is 6.89. The molecule has 0 atom stereocenters. The zero-order valence-corrected chi connectivity index (χ0v) is 11.7. The third-order valence-electron chi connectivity index (χ3n) is 3.46. The molecule has 0 aliphatic carbocycles. The monoisotopic (exact) mass is 281 g/mol. The molecule has 3 N–H and O–H groups in total. The average Bonchev–Trinajstić information content (AvgIpc) is 2.89. The van der Waals surface area contributed by atoms with Crippen LogP contribution >= 0.6 is 11.6 Å². The van der Waals surface area contributed by atoms with Gasteiger partial charge in [-0.2, -0.15) is 0 Å². The summed E-state index contributed by atoms with van der Waals surface area (Å²) in [5.74, 6) is -0.449. The van der Waals surface area contributed by atoms with Gasteiger partial charge in [-0.3, -0.25) is 4.79 Å². The highest BCUT2D eigenvalue weighted by molar-refractivity contribution is 6.31. The molecule has 0 spiro atoms. The highest BCUT2D eigenvalue weighted by Gasteiger charge is 2.10. The number of primary amides is 1. The molecule has 1 aromatic rings. The number of carbonyl (C=O) groups excluding carboxylic acids is 1. The van der Waals surface area contributed by atoms with E-state index in [0.717, 1.165) is 18.7 Å². The molecule has 0 saturated carbocycles. The third kappa shape index (κ3) is 4.20. The minimum absolute atomic E-state index is 0.449. The maximum atomic E-state index is 11.0. The van der Waals surface area contributed by atoms with Crippen molar-refractivity contribution in [2.24, 2.45) is 5.73 Å². The Kier molecular flexibility index (Phi) is 5.19. The largest absolute Gasteiger partial charge is 0.366 e. The molecule has 1 fully saturated rings. The lowest BCUT2D eigenvalue weighted by atomic mass is 10.1. The summed E-state index contributed by atoms with van der Waals surface area (Å²) < 4.78 is 0. The lowest BCUT2D eigenvalue weighted by molar-refractivity contribution is 0.100. The Hall–Kier alpha value is -1.10. The Balaban J connectivity index is 1.77. The molecule has 0 unspecified atom stereocenters. The fraction of sp³-hybridized carbons (Fsp3) is 0.500. The van der Waals surface area contributed by atoms with Gasteiger partial charge in [-0.1, -0.05) is 17.7 Å². The molecule has 0 aromatic heterocycles. The van der Waals surface area contributed by atoms with Gasteiger partial charge in [0.2, 0.25) is 5.91 Å². The summed E-state index contributed by atoms with van der Waals surface area (Å²) in [4.78, 5) is 13.5. The molecular weight excluding hydrogens is 262 g/mol. The van der Waals surface area contributed by atoms with Crippen molar-refractivity contribution in [3.63, 3.8) is 0 Å². The van der Waals surface area contributed by atoms with E-state index in [0.29, 0.717) is 17.1 Å². The van der Waals surface area contributed by atoms with E-state index in [4.69, 9.17) is 17.3 Å². The Labute approximate surface area is 118 Å². The van der Waals surface area contributed by atoms with Crippen molar-refractivity contribution < 1.29 is 4.79 Å². The average molecular weight is 282 g/mol. The van der Waals surface area contributed by atoms with Gasteiger partial charge in [0, 0.05) is 30.2 Å². The molecule has 0 bridgehead atoms. The van der Waals surface area contributed by atoms with Gasteiger partial charge in [-0.15, -0.1) is 0 Å². The number of carbonyl (C=O) groups is 1. The molecule has 2 rings (SSSR count). The van der Waals surface area contributed by atoms with Crippen LogP contribution in [-0.4, -0.2) is 37.0 Å². The molecule has 1 aliphatic rings. The van der Waals surface area contributed by atoms with E-state index >= 15 is 0 Å². The van der Waals surface area contributed by atoms with Crippen LogP contribution in [0.5, 0.6) is 0 Å². The highest BCUT2D eigenvalue weighted by atomic mass is 35.5. The van der Waals surface area contributed by atoms with Crippen molar-refractivity contribution >= 4 is 17.5 Å². The zero-order valence-electron chi connectivity index (χ0n) is 11.0. The van der Waals surface area contributed by atoms with Crippen LogP contribution in [0.3, 0.4) is 0 Å². The number of amides is 1. The maximum absolute atomic E-state index is 11.0. The summed E-state index contributed by atoms with van der Waals surface area (Å²) in [6.07, 6.45) is 2.64. The third-order valence-corrected chi connectivity index (χ3v) is 3.81. The molecular formula is C14H20ClN3O. The lowest BCUT2D eigenvalue weighted by Crippen LogP contribution is -2.29. The van der Waals surface area contributed by atoms with Gasteiger partial charge in [0.05, 0.1) is 0 Å². The van der Waals surface area contributed by atoms with Crippen molar-refractivity contribution in [2.45, 2.75) is 19.4 Å². The van der Waals surface area contributed by atoms with E-state index in [1.54, 1.807) is 12.1 Å². The van der Waals surface area contributed by atoms with Gasteiger partial charge in [0.1, 0.15) is 0 Å². The molecule has 4 nitrogen and oxygen atoms in total. The number of nitrogens with one attached hydrogen (secondary N) is 1. The van der Waals surface area contributed by atoms with Crippen LogP contribution in [0.4, 0.5) is 0 Å². The first kappa shape index (κ1) is 14.3. The maximum Gasteiger partial charge on any atom is 0.248 e. The van der Waals surface area contributed by atoms with Crippen LogP contribution in [0.15, 0.2) is 18.2 Å². The number of hydrogen-bond donors (Lipinski definition) is 2. The van der Waals surface area contributed by atoms with E-state index in [1.807, 2.05) is 6.07 Å². The van der Waals surface area contributed by atoms with Crippen LogP contribution in [0, 0.1) is 0 Å². The van der Waals surface area contributed by atoms with Gasteiger partial charge in [-0.05, 0) is 43.6 Å². The molecule has 0 radical (unpaired) electrons. The van der Waals surface area contributed by atoms with Crippen LogP contribution < -0.4 is 11.1 Å². The summed E-state index contributed by atoms with van der Waals surface area (Å²) in [7, 11) is 0. The van der Waals surface area contributed by atoms with Gasteiger partial charge >= 0.3 is 0 Å². The fourth-order valence-corrected chi connectivity index (χ4v) is 2.56. The van der Waals surface area contributed by atoms with Crippen molar-refractivity contribution in [2.75, 3.05) is 26.2 Å². The number of likely N-dealkylation sites (tertiary alicyclic amines) is 1. The van der Waals surface area contributed by atoms with E-state index in [1.165, 1.54) is 25.9 Å². The summed E-state index contributed by atoms with van der Waals surface area (Å²) in [5, 5.41) is 3.96. The summed E-state index contributed by atoms with van der Waals surface area (Å²) in [5.41, 5.74) is 6.65. The summed E-state index contributed by atoms with van der Waals surface area (Å²) in [6.45, 7) is 5.18. The number of halogens is 1. The molecule has 5 heteroatoms. The van der Waals surface area contributed by atoms with E-state index in [-0.39, 0.29) is 0 Å². The minimum atomic E-state index is -0.449.